The monoisotopic (exact) mass is 641 g/mol. The van der Waals surface area contributed by atoms with Crippen molar-refractivity contribution in [1.82, 2.24) is 15.0 Å². The average Bonchev–Trinajstić information content (AvgIpc) is 3.77. The second-order valence-electron chi connectivity index (χ2n) is 13.0. The number of para-hydroxylation sites is 2. The maximum absolute atomic E-state index is 6.83. The lowest BCUT2D eigenvalue weighted by Crippen LogP contribution is -2.01. The molecule has 10 aromatic rings. The minimum Gasteiger partial charge on any atom is -0.456 e. The first-order valence-electron chi connectivity index (χ1n) is 17.0. The van der Waals surface area contributed by atoms with Crippen LogP contribution in [0.2, 0.25) is 0 Å². The summed E-state index contributed by atoms with van der Waals surface area (Å²) in [7, 11) is 0. The molecule has 50 heavy (non-hydrogen) atoms. The van der Waals surface area contributed by atoms with E-state index in [-0.39, 0.29) is 0 Å². The summed E-state index contributed by atoms with van der Waals surface area (Å²) in [4.78, 5) is 15.6. The molecular weight excluding hydrogens is 615 g/mol. The van der Waals surface area contributed by atoms with E-state index in [2.05, 4.69) is 97.1 Å². The third-order valence-electron chi connectivity index (χ3n) is 10.2. The van der Waals surface area contributed by atoms with E-state index in [1.807, 2.05) is 42.5 Å². The lowest BCUT2D eigenvalue weighted by atomic mass is 9.91. The first-order chi connectivity index (χ1) is 24.8. The summed E-state index contributed by atoms with van der Waals surface area (Å²) >= 11 is 0. The largest absolute Gasteiger partial charge is 0.456 e. The molecule has 5 heteroatoms. The number of benzene rings is 7. The molecule has 5 nitrogen and oxygen atoms in total. The van der Waals surface area contributed by atoms with Gasteiger partial charge in [0.25, 0.3) is 0 Å². The topological polar surface area (TPSA) is 65.0 Å². The molecule has 234 valence electrons. The van der Waals surface area contributed by atoms with Gasteiger partial charge in [0.15, 0.2) is 17.5 Å². The van der Waals surface area contributed by atoms with Crippen molar-refractivity contribution in [2.45, 2.75) is 12.8 Å². The van der Waals surface area contributed by atoms with Crippen LogP contribution in [0.25, 0.3) is 105 Å². The quantitative estimate of drug-likeness (QED) is 0.180. The Hall–Kier alpha value is -6.59. The minimum absolute atomic E-state index is 0.568. The summed E-state index contributed by atoms with van der Waals surface area (Å²) in [5.41, 5.74) is 6.35. The summed E-state index contributed by atoms with van der Waals surface area (Å²) in [6, 6.07) is 44.1. The first kappa shape index (κ1) is 27.4. The van der Waals surface area contributed by atoms with E-state index >= 15 is 0 Å². The van der Waals surface area contributed by atoms with Crippen molar-refractivity contribution in [3.8, 4) is 34.2 Å². The summed E-state index contributed by atoms with van der Waals surface area (Å²) in [5, 5.41) is 10.00. The molecule has 0 amide bonds. The van der Waals surface area contributed by atoms with Crippen molar-refractivity contribution in [2.24, 2.45) is 0 Å². The van der Waals surface area contributed by atoms with E-state index < -0.39 is 0 Å². The van der Waals surface area contributed by atoms with Crippen LogP contribution in [-0.4, -0.2) is 15.0 Å². The molecule has 0 N–H and O–H groups in total. The highest BCUT2D eigenvalue weighted by Gasteiger charge is 2.24. The number of aromatic nitrogens is 3. The van der Waals surface area contributed by atoms with Gasteiger partial charge in [0.05, 0.1) is 5.56 Å². The number of rotatable bonds is 3. The van der Waals surface area contributed by atoms with Crippen molar-refractivity contribution in [3.63, 3.8) is 0 Å². The number of furan rings is 2. The Bertz CT molecular complexity index is 3040. The summed E-state index contributed by atoms with van der Waals surface area (Å²) in [5.74, 6) is 2.66. The van der Waals surface area contributed by atoms with Gasteiger partial charge in [0.2, 0.25) is 0 Å². The molecule has 1 aliphatic rings. The van der Waals surface area contributed by atoms with Gasteiger partial charge < -0.3 is 8.83 Å². The Morgan fingerprint density at radius 1 is 0.460 bits per heavy atom. The van der Waals surface area contributed by atoms with Gasteiger partial charge in [-0.05, 0) is 64.0 Å². The first-order valence-corrected chi connectivity index (χ1v) is 17.0. The molecular formula is C45H27N3O2. The molecule has 11 rings (SSSR count). The van der Waals surface area contributed by atoms with Crippen LogP contribution < -0.4 is 0 Å². The molecule has 0 bridgehead atoms. The Labute approximate surface area is 286 Å². The third kappa shape index (κ3) is 3.92. The fourth-order valence-electron chi connectivity index (χ4n) is 7.95. The van der Waals surface area contributed by atoms with E-state index in [4.69, 9.17) is 23.8 Å². The smallest absolute Gasteiger partial charge is 0.167 e. The number of nitrogens with zero attached hydrogens (tertiary/aromatic N) is 3. The van der Waals surface area contributed by atoms with E-state index in [9.17, 15) is 0 Å². The number of hydrogen-bond donors (Lipinski definition) is 0. The molecule has 0 radical (unpaired) electrons. The van der Waals surface area contributed by atoms with Crippen molar-refractivity contribution in [1.29, 1.82) is 0 Å². The van der Waals surface area contributed by atoms with Gasteiger partial charge in [-0.3, -0.25) is 0 Å². The lowest BCUT2D eigenvalue weighted by Gasteiger charge is -2.14. The van der Waals surface area contributed by atoms with Crippen LogP contribution >= 0.6 is 0 Å². The molecule has 0 unspecified atom stereocenters. The zero-order valence-corrected chi connectivity index (χ0v) is 26.9. The van der Waals surface area contributed by atoms with E-state index in [0.29, 0.717) is 17.5 Å². The van der Waals surface area contributed by atoms with Crippen molar-refractivity contribution in [3.05, 3.63) is 145 Å². The molecule has 0 atom stereocenters. The van der Waals surface area contributed by atoms with Crippen LogP contribution in [-0.2, 0) is 6.42 Å². The fraction of sp³-hybridized carbons (Fsp3) is 0.0444. The van der Waals surface area contributed by atoms with Gasteiger partial charge in [-0.2, -0.15) is 0 Å². The SMILES string of the molecule is C1=Cc2oc3c(-c4nc(-c5ccccc5)nc(-c5cc6c7ccccc7c7ccccc7c6c6oc7ccccc7c56)n4)cccc3c2CC1. The highest BCUT2D eigenvalue weighted by atomic mass is 16.3. The maximum Gasteiger partial charge on any atom is 0.167 e. The number of fused-ring (bicyclic) bond motifs is 13. The third-order valence-corrected chi connectivity index (χ3v) is 10.2. The molecule has 0 saturated heterocycles. The van der Waals surface area contributed by atoms with Gasteiger partial charge in [-0.25, -0.2) is 15.0 Å². The van der Waals surface area contributed by atoms with Gasteiger partial charge >= 0.3 is 0 Å². The number of hydrogen-bond acceptors (Lipinski definition) is 5. The zero-order valence-electron chi connectivity index (χ0n) is 26.9. The van der Waals surface area contributed by atoms with E-state index in [0.717, 1.165) is 89.7 Å². The Morgan fingerprint density at radius 3 is 1.92 bits per heavy atom. The molecule has 1 aliphatic carbocycles. The van der Waals surface area contributed by atoms with Gasteiger partial charge in [0.1, 0.15) is 22.5 Å². The average molecular weight is 642 g/mol. The molecule has 0 fully saturated rings. The highest BCUT2D eigenvalue weighted by Crippen LogP contribution is 2.46. The molecule has 0 aliphatic heterocycles. The predicted molar refractivity (Wildman–Crippen MR) is 203 cm³/mol. The predicted octanol–water partition coefficient (Wildman–Crippen LogP) is 11.9. The number of aryl methyl sites for hydroxylation is 1. The molecule has 3 heterocycles. The van der Waals surface area contributed by atoms with Crippen LogP contribution in [0, 0.1) is 0 Å². The molecule has 0 spiro atoms. The van der Waals surface area contributed by atoms with Crippen molar-refractivity contribution in [2.75, 3.05) is 0 Å². The van der Waals surface area contributed by atoms with Gasteiger partial charge in [-0.1, -0.05) is 115 Å². The normalized spacial score (nSPS) is 13.0. The fourth-order valence-corrected chi connectivity index (χ4v) is 7.95. The maximum atomic E-state index is 6.83. The summed E-state index contributed by atoms with van der Waals surface area (Å²) < 4.78 is 13.4. The van der Waals surface area contributed by atoms with Gasteiger partial charge in [0, 0.05) is 38.2 Å². The Balaban J connectivity index is 1.29. The minimum atomic E-state index is 0.568. The van der Waals surface area contributed by atoms with E-state index in [1.54, 1.807) is 0 Å². The van der Waals surface area contributed by atoms with Crippen LogP contribution in [0.1, 0.15) is 17.7 Å². The number of allylic oxidation sites excluding steroid dienone is 1. The Kier molecular flexibility index (Phi) is 5.72. The summed E-state index contributed by atoms with van der Waals surface area (Å²) in [6.45, 7) is 0. The van der Waals surface area contributed by atoms with E-state index in [1.165, 1.54) is 16.3 Å². The lowest BCUT2D eigenvalue weighted by molar-refractivity contribution is 0.596. The van der Waals surface area contributed by atoms with Crippen molar-refractivity contribution < 1.29 is 8.83 Å². The van der Waals surface area contributed by atoms with Crippen LogP contribution in [0.4, 0.5) is 0 Å². The van der Waals surface area contributed by atoms with Crippen LogP contribution in [0.15, 0.2) is 142 Å². The second-order valence-corrected chi connectivity index (χ2v) is 13.0. The highest BCUT2D eigenvalue weighted by molar-refractivity contribution is 6.34. The van der Waals surface area contributed by atoms with Crippen LogP contribution in [0.5, 0.6) is 0 Å². The van der Waals surface area contributed by atoms with Crippen LogP contribution in [0.3, 0.4) is 0 Å². The summed E-state index contributed by atoms with van der Waals surface area (Å²) in [6.07, 6.45) is 6.21. The zero-order chi connectivity index (χ0) is 32.8. The second kappa shape index (κ2) is 10.5. The standard InChI is InChI=1S/C45H27N3O2/c1-2-13-26(14-3-1)43-46-44(34-22-12-21-32-30-18-8-10-23-37(30)49-41(32)34)48-45(47-43)36-25-35-29-17-5-4-15-27(29)28-16-6-7-19-31(28)39(35)42-40(36)33-20-9-11-24-38(33)50-42/h1-7,9-17,19-25H,8,18H2. The Morgan fingerprint density at radius 2 is 1.10 bits per heavy atom. The van der Waals surface area contributed by atoms with Gasteiger partial charge in [-0.15, -0.1) is 0 Å². The molecule has 0 saturated carbocycles. The molecule has 3 aromatic heterocycles. The van der Waals surface area contributed by atoms with Crippen molar-refractivity contribution >= 4 is 71.3 Å². The molecule has 7 aromatic carbocycles.